The number of hydrogen-bond acceptors (Lipinski definition) is 2. The van der Waals surface area contributed by atoms with E-state index in [0.717, 1.165) is 0 Å². The van der Waals surface area contributed by atoms with Crippen LogP contribution in [-0.4, -0.2) is 26.4 Å². The van der Waals surface area contributed by atoms with Gasteiger partial charge in [0.15, 0.2) is 8.32 Å². The standard InChI is InChI=1S/C12H25NO2Si/c1-8-10(11(14)13-8)9(2)15-16(6,7)12(3,4)5/h8-10H,1-7H3,(H,13,14)/t8-,9?,10+/m1/s1. The Morgan fingerprint density at radius 2 is 1.88 bits per heavy atom. The summed E-state index contributed by atoms with van der Waals surface area (Å²) in [6.07, 6.45) is 0.0321. The summed E-state index contributed by atoms with van der Waals surface area (Å²) in [5.74, 6) is 0.174. The van der Waals surface area contributed by atoms with Crippen molar-refractivity contribution in [2.45, 2.75) is 64.9 Å². The minimum absolute atomic E-state index is 0.0321. The van der Waals surface area contributed by atoms with Crippen LogP contribution in [-0.2, 0) is 9.22 Å². The zero-order valence-electron chi connectivity index (χ0n) is 11.5. The van der Waals surface area contributed by atoms with Crippen LogP contribution in [0.25, 0.3) is 0 Å². The molecule has 1 fully saturated rings. The Balaban J connectivity index is 2.64. The van der Waals surface area contributed by atoms with Crippen molar-refractivity contribution in [3.05, 3.63) is 0 Å². The van der Waals surface area contributed by atoms with Gasteiger partial charge in [-0.2, -0.15) is 0 Å². The van der Waals surface area contributed by atoms with Crippen LogP contribution >= 0.6 is 0 Å². The molecular weight excluding hydrogens is 218 g/mol. The van der Waals surface area contributed by atoms with Crippen molar-refractivity contribution in [1.82, 2.24) is 5.32 Å². The van der Waals surface area contributed by atoms with Crippen molar-refractivity contribution in [3.8, 4) is 0 Å². The highest BCUT2D eigenvalue weighted by Gasteiger charge is 2.45. The van der Waals surface area contributed by atoms with Crippen LogP contribution < -0.4 is 5.32 Å². The zero-order valence-corrected chi connectivity index (χ0v) is 12.5. The highest BCUT2D eigenvalue weighted by molar-refractivity contribution is 6.74. The first-order valence-corrected chi connectivity index (χ1v) is 8.95. The summed E-state index contributed by atoms with van der Waals surface area (Å²) < 4.78 is 6.23. The van der Waals surface area contributed by atoms with Crippen molar-refractivity contribution in [2.24, 2.45) is 5.92 Å². The smallest absolute Gasteiger partial charge is 0.227 e. The molecule has 1 N–H and O–H groups in total. The fraction of sp³-hybridized carbons (Fsp3) is 0.917. The van der Waals surface area contributed by atoms with Crippen LogP contribution in [0.3, 0.4) is 0 Å². The third kappa shape index (κ3) is 2.48. The molecule has 0 aromatic rings. The zero-order chi connectivity index (χ0) is 12.7. The Bertz CT molecular complexity index is 283. The fourth-order valence-electron chi connectivity index (χ4n) is 1.88. The van der Waals surface area contributed by atoms with Crippen molar-refractivity contribution in [2.75, 3.05) is 0 Å². The third-order valence-electron chi connectivity index (χ3n) is 4.00. The molecule has 16 heavy (non-hydrogen) atoms. The van der Waals surface area contributed by atoms with Crippen LogP contribution in [0.5, 0.6) is 0 Å². The Kier molecular flexibility index (Phi) is 3.55. The van der Waals surface area contributed by atoms with Gasteiger partial charge in [0.2, 0.25) is 5.91 Å². The van der Waals surface area contributed by atoms with Gasteiger partial charge in [-0.1, -0.05) is 20.8 Å². The minimum Gasteiger partial charge on any atom is -0.413 e. The summed E-state index contributed by atoms with van der Waals surface area (Å²) in [7, 11) is -1.75. The topological polar surface area (TPSA) is 38.3 Å². The van der Waals surface area contributed by atoms with Gasteiger partial charge in [-0.05, 0) is 32.0 Å². The molecule has 3 nitrogen and oxygen atoms in total. The lowest BCUT2D eigenvalue weighted by Gasteiger charge is -2.44. The second kappa shape index (κ2) is 4.15. The van der Waals surface area contributed by atoms with Crippen molar-refractivity contribution < 1.29 is 9.22 Å². The van der Waals surface area contributed by atoms with E-state index < -0.39 is 8.32 Å². The van der Waals surface area contributed by atoms with E-state index in [4.69, 9.17) is 4.43 Å². The van der Waals surface area contributed by atoms with Gasteiger partial charge < -0.3 is 9.74 Å². The lowest BCUT2D eigenvalue weighted by molar-refractivity contribution is -0.139. The Morgan fingerprint density at radius 1 is 1.38 bits per heavy atom. The molecule has 0 aliphatic carbocycles. The average Bonchev–Trinajstić information content (AvgIpc) is 1.99. The number of β-lactam (4-membered cyclic amide) rings is 1. The number of carbonyl (C=O) groups is 1. The summed E-state index contributed by atoms with van der Waals surface area (Å²) in [6.45, 7) is 15.2. The van der Waals surface area contributed by atoms with Gasteiger partial charge in [0.1, 0.15) is 0 Å². The van der Waals surface area contributed by atoms with Gasteiger partial charge in [0, 0.05) is 6.04 Å². The molecule has 0 aromatic carbocycles. The SMILES string of the molecule is CC(O[Si](C)(C)C(C)(C)C)[C@H]1C(=O)N[C@@H]1C. The monoisotopic (exact) mass is 243 g/mol. The molecule has 0 spiro atoms. The molecule has 1 aliphatic heterocycles. The number of carbonyl (C=O) groups excluding carboxylic acids is 1. The maximum Gasteiger partial charge on any atom is 0.227 e. The Labute approximate surface area is 100 Å². The van der Waals surface area contributed by atoms with E-state index in [9.17, 15) is 4.79 Å². The van der Waals surface area contributed by atoms with E-state index in [1.54, 1.807) is 0 Å². The van der Waals surface area contributed by atoms with Crippen LogP contribution in [0.2, 0.25) is 18.1 Å². The molecule has 1 heterocycles. The molecule has 0 saturated carbocycles. The van der Waals surface area contributed by atoms with Crippen molar-refractivity contribution in [1.29, 1.82) is 0 Å². The largest absolute Gasteiger partial charge is 0.413 e. The van der Waals surface area contributed by atoms with E-state index in [-0.39, 0.29) is 29.0 Å². The lowest BCUT2D eigenvalue weighted by atomic mass is 9.88. The molecule has 1 saturated heterocycles. The van der Waals surface area contributed by atoms with Gasteiger partial charge in [0.25, 0.3) is 0 Å². The Hall–Kier alpha value is -0.353. The first-order valence-electron chi connectivity index (χ1n) is 6.04. The van der Waals surface area contributed by atoms with Gasteiger partial charge >= 0.3 is 0 Å². The molecule has 0 aromatic heterocycles. The summed E-state index contributed by atoms with van der Waals surface area (Å²) in [5.41, 5.74) is 0. The van der Waals surface area contributed by atoms with Crippen LogP contribution in [0.1, 0.15) is 34.6 Å². The molecule has 3 atom stereocenters. The normalized spacial score (nSPS) is 28.3. The first-order chi connectivity index (χ1) is 7.06. The number of rotatable bonds is 3. The maximum atomic E-state index is 11.4. The molecule has 94 valence electrons. The van der Waals surface area contributed by atoms with Crippen LogP contribution in [0.15, 0.2) is 0 Å². The second-order valence-electron chi connectivity index (χ2n) is 6.41. The lowest BCUT2D eigenvalue weighted by Crippen LogP contribution is -2.62. The molecule has 4 heteroatoms. The van der Waals surface area contributed by atoms with Gasteiger partial charge in [-0.15, -0.1) is 0 Å². The summed E-state index contributed by atoms with van der Waals surface area (Å²) in [4.78, 5) is 11.4. The van der Waals surface area contributed by atoms with Gasteiger partial charge in [-0.25, -0.2) is 0 Å². The fourth-order valence-corrected chi connectivity index (χ4v) is 3.31. The average molecular weight is 243 g/mol. The second-order valence-corrected chi connectivity index (χ2v) is 11.2. The van der Waals surface area contributed by atoms with Gasteiger partial charge in [-0.3, -0.25) is 4.79 Å². The predicted molar refractivity (Wildman–Crippen MR) is 68.8 cm³/mol. The summed E-state index contributed by atoms with van der Waals surface area (Å²) in [5, 5.41) is 3.06. The molecule has 1 rings (SSSR count). The third-order valence-corrected chi connectivity index (χ3v) is 8.58. The van der Waals surface area contributed by atoms with Crippen LogP contribution in [0, 0.1) is 5.92 Å². The van der Waals surface area contributed by atoms with E-state index in [1.165, 1.54) is 0 Å². The molecule has 1 aliphatic rings. The summed E-state index contributed by atoms with van der Waals surface area (Å²) in [6, 6.07) is 0.257. The van der Waals surface area contributed by atoms with E-state index in [2.05, 4.69) is 39.2 Å². The number of hydrogen-bond donors (Lipinski definition) is 1. The van der Waals surface area contributed by atoms with E-state index in [1.807, 2.05) is 13.8 Å². The molecular formula is C12H25NO2Si. The molecule has 0 radical (unpaired) electrons. The highest BCUT2D eigenvalue weighted by Crippen LogP contribution is 2.38. The van der Waals surface area contributed by atoms with Crippen LogP contribution in [0.4, 0.5) is 0 Å². The number of amides is 1. The molecule has 1 unspecified atom stereocenters. The molecule has 1 amide bonds. The minimum atomic E-state index is -1.75. The van der Waals surface area contributed by atoms with E-state index in [0.29, 0.717) is 0 Å². The predicted octanol–water partition coefficient (Wildman–Crippen LogP) is 2.53. The molecule has 0 bridgehead atoms. The maximum absolute atomic E-state index is 11.4. The van der Waals surface area contributed by atoms with E-state index >= 15 is 0 Å². The van der Waals surface area contributed by atoms with Gasteiger partial charge in [0.05, 0.1) is 12.0 Å². The van der Waals surface area contributed by atoms with Crippen molar-refractivity contribution >= 4 is 14.2 Å². The van der Waals surface area contributed by atoms with Crippen molar-refractivity contribution in [3.63, 3.8) is 0 Å². The summed E-state index contributed by atoms with van der Waals surface area (Å²) >= 11 is 0. The Morgan fingerprint density at radius 3 is 2.19 bits per heavy atom. The first kappa shape index (κ1) is 13.7. The highest BCUT2D eigenvalue weighted by atomic mass is 28.4. The number of nitrogens with one attached hydrogen (secondary N) is 1. The quantitative estimate of drug-likeness (QED) is 0.611.